The Labute approximate surface area is 245 Å². The number of benzene rings is 3. The Morgan fingerprint density at radius 2 is 1.72 bits per heavy atom. The van der Waals surface area contributed by atoms with E-state index in [0.29, 0.717) is 35.7 Å². The SMILES string of the molecule is Cc1ccc(CN2CCOCC2)cc1NC(=O)c1ccc(Nc2ncc(C)c(-c3ccc(OC(F)(F)F)cc3)n2)c(F)c1. The fourth-order valence-electron chi connectivity index (χ4n) is 4.60. The molecule has 0 unspecified atom stereocenters. The molecule has 5 rings (SSSR count). The minimum Gasteiger partial charge on any atom is -0.406 e. The number of aryl methyl sites for hydroxylation is 2. The summed E-state index contributed by atoms with van der Waals surface area (Å²) in [5.74, 6) is -1.43. The van der Waals surface area contributed by atoms with Gasteiger partial charge >= 0.3 is 6.36 Å². The molecular weight excluding hydrogens is 566 g/mol. The van der Waals surface area contributed by atoms with Gasteiger partial charge in [-0.25, -0.2) is 14.4 Å². The Bertz CT molecular complexity index is 1610. The number of halogens is 4. The van der Waals surface area contributed by atoms with Gasteiger partial charge in [0.2, 0.25) is 5.95 Å². The second-order valence-corrected chi connectivity index (χ2v) is 10.1. The van der Waals surface area contributed by atoms with E-state index in [9.17, 15) is 18.0 Å². The number of hydrogen-bond acceptors (Lipinski definition) is 7. The molecule has 0 spiro atoms. The maximum absolute atomic E-state index is 15.1. The number of hydrogen-bond donors (Lipinski definition) is 2. The molecular formula is C31H29F4N5O3. The van der Waals surface area contributed by atoms with Gasteiger partial charge in [-0.1, -0.05) is 12.1 Å². The highest BCUT2D eigenvalue weighted by molar-refractivity contribution is 6.05. The third-order valence-electron chi connectivity index (χ3n) is 6.87. The molecule has 0 radical (unpaired) electrons. The van der Waals surface area contributed by atoms with Crippen LogP contribution in [-0.2, 0) is 11.3 Å². The predicted molar refractivity (Wildman–Crippen MR) is 154 cm³/mol. The molecule has 0 aliphatic carbocycles. The van der Waals surface area contributed by atoms with Crippen LogP contribution in [0.2, 0.25) is 0 Å². The van der Waals surface area contributed by atoms with Crippen molar-refractivity contribution in [2.24, 2.45) is 0 Å². The quantitative estimate of drug-likeness (QED) is 0.221. The van der Waals surface area contributed by atoms with Crippen LogP contribution < -0.4 is 15.4 Å². The van der Waals surface area contributed by atoms with Crippen molar-refractivity contribution in [1.29, 1.82) is 0 Å². The zero-order valence-corrected chi connectivity index (χ0v) is 23.5. The summed E-state index contributed by atoms with van der Waals surface area (Å²) in [6.45, 7) is 7.45. The van der Waals surface area contributed by atoms with Crippen LogP contribution in [0.5, 0.6) is 5.75 Å². The van der Waals surface area contributed by atoms with Crippen molar-refractivity contribution in [3.63, 3.8) is 0 Å². The number of rotatable bonds is 8. The zero-order valence-electron chi connectivity index (χ0n) is 23.5. The first-order valence-corrected chi connectivity index (χ1v) is 13.5. The fraction of sp³-hybridized carbons (Fsp3) is 0.258. The molecule has 4 aromatic rings. The monoisotopic (exact) mass is 595 g/mol. The lowest BCUT2D eigenvalue weighted by molar-refractivity contribution is -0.274. The van der Waals surface area contributed by atoms with Crippen LogP contribution in [-0.4, -0.2) is 53.4 Å². The van der Waals surface area contributed by atoms with Crippen LogP contribution >= 0.6 is 0 Å². The van der Waals surface area contributed by atoms with Gasteiger partial charge in [0.05, 0.1) is 24.6 Å². The van der Waals surface area contributed by atoms with Crippen molar-refractivity contribution in [3.05, 3.63) is 94.9 Å². The maximum atomic E-state index is 15.1. The van der Waals surface area contributed by atoms with Gasteiger partial charge in [0, 0.05) is 42.6 Å². The molecule has 1 fully saturated rings. The highest BCUT2D eigenvalue weighted by Crippen LogP contribution is 2.29. The first-order valence-electron chi connectivity index (χ1n) is 13.5. The number of amides is 1. The molecule has 43 heavy (non-hydrogen) atoms. The van der Waals surface area contributed by atoms with Gasteiger partial charge in [-0.3, -0.25) is 9.69 Å². The van der Waals surface area contributed by atoms with Crippen molar-refractivity contribution in [2.75, 3.05) is 36.9 Å². The molecule has 2 heterocycles. The van der Waals surface area contributed by atoms with Crippen LogP contribution in [0.15, 0.2) is 66.9 Å². The van der Waals surface area contributed by atoms with Gasteiger partial charge in [-0.15, -0.1) is 13.2 Å². The Kier molecular flexibility index (Phi) is 8.88. The van der Waals surface area contributed by atoms with Gasteiger partial charge < -0.3 is 20.1 Å². The number of aromatic nitrogens is 2. The van der Waals surface area contributed by atoms with Gasteiger partial charge in [0.15, 0.2) is 0 Å². The third-order valence-corrected chi connectivity index (χ3v) is 6.87. The van der Waals surface area contributed by atoms with Gasteiger partial charge in [-0.05, 0) is 79.1 Å². The molecule has 12 heteroatoms. The molecule has 8 nitrogen and oxygen atoms in total. The number of ether oxygens (including phenoxy) is 2. The average molecular weight is 596 g/mol. The second-order valence-electron chi connectivity index (χ2n) is 10.1. The van der Waals surface area contributed by atoms with Gasteiger partial charge in [0.1, 0.15) is 11.6 Å². The summed E-state index contributed by atoms with van der Waals surface area (Å²) in [6.07, 6.45) is -3.28. The fourth-order valence-corrected chi connectivity index (χ4v) is 4.60. The van der Waals surface area contributed by atoms with E-state index in [1.54, 1.807) is 6.92 Å². The second kappa shape index (κ2) is 12.8. The molecule has 1 aromatic heterocycles. The summed E-state index contributed by atoms with van der Waals surface area (Å²) in [6, 6.07) is 15.2. The van der Waals surface area contributed by atoms with Gasteiger partial charge in [0.25, 0.3) is 5.91 Å². The summed E-state index contributed by atoms with van der Waals surface area (Å²) in [5, 5.41) is 5.69. The Morgan fingerprint density at radius 1 is 0.977 bits per heavy atom. The first-order chi connectivity index (χ1) is 20.5. The molecule has 2 N–H and O–H groups in total. The summed E-state index contributed by atoms with van der Waals surface area (Å²) in [5.41, 5.74) is 4.39. The molecule has 1 saturated heterocycles. The molecule has 3 aromatic carbocycles. The zero-order chi connectivity index (χ0) is 30.6. The third kappa shape index (κ3) is 7.85. The maximum Gasteiger partial charge on any atom is 0.573 e. The van der Waals surface area contributed by atoms with Crippen LogP contribution in [0, 0.1) is 19.7 Å². The minimum absolute atomic E-state index is 0.0453. The Hall–Kier alpha value is -4.55. The number of carbonyl (C=O) groups is 1. The molecule has 1 amide bonds. The lowest BCUT2D eigenvalue weighted by atomic mass is 10.1. The van der Waals surface area contributed by atoms with Crippen molar-refractivity contribution < 1.29 is 31.8 Å². The lowest BCUT2D eigenvalue weighted by Gasteiger charge is -2.26. The number of anilines is 3. The van der Waals surface area contributed by atoms with E-state index >= 15 is 4.39 Å². The largest absolute Gasteiger partial charge is 0.573 e. The van der Waals surface area contributed by atoms with Crippen molar-refractivity contribution in [2.45, 2.75) is 26.8 Å². The number of nitrogens with zero attached hydrogens (tertiary/aromatic N) is 3. The van der Waals surface area contributed by atoms with E-state index in [-0.39, 0.29) is 22.9 Å². The number of nitrogens with one attached hydrogen (secondary N) is 2. The highest BCUT2D eigenvalue weighted by Gasteiger charge is 2.31. The molecule has 1 aliphatic heterocycles. The molecule has 1 aliphatic rings. The van der Waals surface area contributed by atoms with Crippen molar-refractivity contribution in [1.82, 2.24) is 14.9 Å². The van der Waals surface area contributed by atoms with Crippen LogP contribution in [0.4, 0.5) is 34.9 Å². The predicted octanol–water partition coefficient (Wildman–Crippen LogP) is 6.63. The summed E-state index contributed by atoms with van der Waals surface area (Å²) < 4.78 is 61.9. The summed E-state index contributed by atoms with van der Waals surface area (Å²) >= 11 is 0. The topological polar surface area (TPSA) is 88.6 Å². The van der Waals surface area contributed by atoms with Crippen LogP contribution in [0.3, 0.4) is 0 Å². The van der Waals surface area contributed by atoms with E-state index in [1.165, 1.54) is 42.6 Å². The summed E-state index contributed by atoms with van der Waals surface area (Å²) in [4.78, 5) is 23.9. The Balaban J connectivity index is 1.27. The molecule has 0 atom stereocenters. The van der Waals surface area contributed by atoms with Crippen LogP contribution in [0.1, 0.15) is 27.0 Å². The van der Waals surface area contributed by atoms with Gasteiger partial charge in [-0.2, -0.15) is 0 Å². The van der Waals surface area contributed by atoms with E-state index in [1.807, 2.05) is 25.1 Å². The van der Waals surface area contributed by atoms with E-state index in [0.717, 1.165) is 36.8 Å². The summed E-state index contributed by atoms with van der Waals surface area (Å²) in [7, 11) is 0. The standard InChI is InChI=1S/C31H29F4N5O3/c1-19-3-4-21(18-40-11-13-42-14-12-40)15-27(19)37-29(41)23-7-10-26(25(32)16-23)38-30-36-17-20(2)28(39-30)22-5-8-24(9-6-22)43-31(33,34)35/h3-10,15-17H,11-14,18H2,1-2H3,(H,37,41)(H,36,38,39). The molecule has 224 valence electrons. The van der Waals surface area contributed by atoms with E-state index in [2.05, 4.69) is 30.2 Å². The van der Waals surface area contributed by atoms with Crippen molar-refractivity contribution >= 4 is 23.2 Å². The average Bonchev–Trinajstić information content (AvgIpc) is 2.97. The van der Waals surface area contributed by atoms with Crippen molar-refractivity contribution in [3.8, 4) is 17.0 Å². The Morgan fingerprint density at radius 3 is 2.42 bits per heavy atom. The minimum atomic E-state index is -4.79. The number of alkyl halides is 3. The molecule has 0 saturated carbocycles. The van der Waals surface area contributed by atoms with E-state index in [4.69, 9.17) is 4.74 Å². The van der Waals surface area contributed by atoms with Crippen LogP contribution in [0.25, 0.3) is 11.3 Å². The smallest absolute Gasteiger partial charge is 0.406 e. The number of carbonyl (C=O) groups excluding carboxylic acids is 1. The molecule has 0 bridgehead atoms. The first kappa shape index (κ1) is 29.9. The lowest BCUT2D eigenvalue weighted by Crippen LogP contribution is -2.35. The normalized spacial score (nSPS) is 13.9. The number of morpholine rings is 1. The highest BCUT2D eigenvalue weighted by atomic mass is 19.4. The van der Waals surface area contributed by atoms with E-state index < -0.39 is 18.1 Å².